The summed E-state index contributed by atoms with van der Waals surface area (Å²) in [6.07, 6.45) is 4.21. The number of nitrogens with zero attached hydrogens (tertiary/aromatic N) is 4. The number of rotatable bonds is 9. The molecule has 0 radical (unpaired) electrons. The fourth-order valence-corrected chi connectivity index (χ4v) is 3.69. The maximum atomic E-state index is 13.2. The number of aromatic amines is 1. The van der Waals surface area contributed by atoms with E-state index in [0.29, 0.717) is 30.8 Å². The predicted octanol–water partition coefficient (Wildman–Crippen LogP) is 5.41. The van der Waals surface area contributed by atoms with Gasteiger partial charge >= 0.3 is 6.18 Å². The van der Waals surface area contributed by atoms with Crippen molar-refractivity contribution in [3.05, 3.63) is 60.9 Å². The fourth-order valence-electron chi connectivity index (χ4n) is 3.69. The molecule has 12 heteroatoms. The first kappa shape index (κ1) is 25.2. The first-order valence-corrected chi connectivity index (χ1v) is 11.3. The largest absolute Gasteiger partial charge is 0.451 e. The Labute approximate surface area is 204 Å². The Balaban J connectivity index is 1.65. The van der Waals surface area contributed by atoms with Gasteiger partial charge in [-0.3, -0.25) is 14.6 Å². The van der Waals surface area contributed by atoms with Crippen LogP contribution < -0.4 is 5.32 Å². The minimum absolute atomic E-state index is 0.00850. The maximum Gasteiger partial charge on any atom is 0.429 e. The summed E-state index contributed by atoms with van der Waals surface area (Å²) in [4.78, 5) is 16.7. The Morgan fingerprint density at radius 1 is 1.42 bits per heavy atom. The molecule has 0 unspecified atom stereocenters. The van der Waals surface area contributed by atoms with E-state index in [0.717, 1.165) is 6.92 Å². The molecule has 36 heavy (non-hydrogen) atoms. The lowest BCUT2D eigenvalue weighted by atomic mass is 9.89. The predicted molar refractivity (Wildman–Crippen MR) is 127 cm³/mol. The number of allylic oxidation sites excluding steroid dienone is 2. The molecule has 9 nitrogen and oxygen atoms in total. The number of furan rings is 1. The Hall–Kier alpha value is -3.93. The van der Waals surface area contributed by atoms with Crippen LogP contribution in [0.5, 0.6) is 0 Å². The number of carbonyl (C=O) groups is 1. The van der Waals surface area contributed by atoms with E-state index in [9.17, 15) is 18.0 Å². The smallest absolute Gasteiger partial charge is 0.429 e. The zero-order valence-electron chi connectivity index (χ0n) is 19.7. The maximum absolute atomic E-state index is 13.2. The standard InChI is InChI=1S/C24H25F3N6O3/c1-4-6-18(30-14(3)24(25,26)27)22-19(13-33(32-22)16-9-17(10-16)35-5-2)31-23(34)21-8-7-20(36-21)15-11-28-29-12-15/h4,6-8,11-13,16-17H,1,5,9-10H2,2-3H3,(H,28,29)(H,31,34)/b18-6-,30-14+/t16-,17+. The molecule has 0 aromatic carbocycles. The molecule has 0 atom stereocenters. The summed E-state index contributed by atoms with van der Waals surface area (Å²) in [5.41, 5.74) is -0.225. The number of halogens is 3. The first-order chi connectivity index (χ1) is 17.2. The Kier molecular flexibility index (Phi) is 7.25. The number of anilines is 1. The molecule has 1 aliphatic rings. The van der Waals surface area contributed by atoms with E-state index in [1.807, 2.05) is 6.92 Å². The van der Waals surface area contributed by atoms with Crippen LogP contribution in [-0.4, -0.2) is 50.5 Å². The molecule has 0 saturated heterocycles. The summed E-state index contributed by atoms with van der Waals surface area (Å²) in [5.74, 6) is -0.158. The van der Waals surface area contributed by atoms with Gasteiger partial charge in [0.1, 0.15) is 17.2 Å². The zero-order valence-corrected chi connectivity index (χ0v) is 19.7. The molecule has 1 amide bonds. The molecule has 3 aromatic rings. The van der Waals surface area contributed by atoms with Crippen LogP contribution in [0.15, 0.2) is 58.9 Å². The van der Waals surface area contributed by atoms with E-state index < -0.39 is 17.8 Å². The van der Waals surface area contributed by atoms with Gasteiger partial charge in [-0.1, -0.05) is 12.7 Å². The van der Waals surface area contributed by atoms with Crippen molar-refractivity contribution >= 4 is 23.0 Å². The van der Waals surface area contributed by atoms with Crippen LogP contribution in [0, 0.1) is 0 Å². The quantitative estimate of drug-likeness (QED) is 0.300. The number of hydrogen-bond acceptors (Lipinski definition) is 6. The van der Waals surface area contributed by atoms with Gasteiger partial charge in [-0.15, -0.1) is 0 Å². The molecule has 2 N–H and O–H groups in total. The third-order valence-electron chi connectivity index (χ3n) is 5.66. The third-order valence-corrected chi connectivity index (χ3v) is 5.66. The summed E-state index contributed by atoms with van der Waals surface area (Å²) in [6.45, 7) is 6.94. The van der Waals surface area contributed by atoms with Crippen molar-refractivity contribution in [1.82, 2.24) is 20.0 Å². The average molecular weight is 502 g/mol. The topological polar surface area (TPSA) is 110 Å². The Morgan fingerprint density at radius 2 is 2.19 bits per heavy atom. The monoisotopic (exact) mass is 502 g/mol. The van der Waals surface area contributed by atoms with Crippen LogP contribution in [0.1, 0.15) is 49.0 Å². The number of ether oxygens (including phenoxy) is 1. The summed E-state index contributed by atoms with van der Waals surface area (Å²) in [7, 11) is 0. The summed E-state index contributed by atoms with van der Waals surface area (Å²) in [5, 5.41) is 13.7. The van der Waals surface area contributed by atoms with Gasteiger partial charge in [0.2, 0.25) is 0 Å². The van der Waals surface area contributed by atoms with Crippen LogP contribution in [0.4, 0.5) is 18.9 Å². The lowest BCUT2D eigenvalue weighted by Crippen LogP contribution is -2.33. The van der Waals surface area contributed by atoms with Gasteiger partial charge in [-0.05, 0) is 44.9 Å². The molecule has 0 spiro atoms. The van der Waals surface area contributed by atoms with Gasteiger partial charge < -0.3 is 14.5 Å². The molecule has 3 aromatic heterocycles. The Morgan fingerprint density at radius 3 is 2.83 bits per heavy atom. The second-order valence-electron chi connectivity index (χ2n) is 8.16. The van der Waals surface area contributed by atoms with Crippen LogP contribution in [0.3, 0.4) is 0 Å². The molecule has 190 valence electrons. The minimum Gasteiger partial charge on any atom is -0.451 e. The van der Waals surface area contributed by atoms with Crippen molar-refractivity contribution in [2.24, 2.45) is 4.99 Å². The third kappa shape index (κ3) is 5.48. The number of aromatic nitrogens is 4. The highest BCUT2D eigenvalue weighted by Crippen LogP contribution is 2.37. The second-order valence-corrected chi connectivity index (χ2v) is 8.16. The van der Waals surface area contributed by atoms with Crippen molar-refractivity contribution in [1.29, 1.82) is 0 Å². The fraction of sp³-hybridized carbons (Fsp3) is 0.333. The van der Waals surface area contributed by atoms with E-state index >= 15 is 0 Å². The van der Waals surface area contributed by atoms with Crippen molar-refractivity contribution in [3.63, 3.8) is 0 Å². The van der Waals surface area contributed by atoms with Crippen LogP contribution in [0.2, 0.25) is 0 Å². The van der Waals surface area contributed by atoms with Gasteiger partial charge in [0.25, 0.3) is 5.91 Å². The van der Waals surface area contributed by atoms with Crippen LogP contribution in [-0.2, 0) is 4.74 Å². The van der Waals surface area contributed by atoms with Crippen molar-refractivity contribution < 1.29 is 27.1 Å². The number of amides is 1. The second kappa shape index (κ2) is 10.4. The number of H-pyrrole nitrogens is 1. The molecule has 1 saturated carbocycles. The average Bonchev–Trinajstić information content (AvgIpc) is 3.55. The summed E-state index contributed by atoms with van der Waals surface area (Å²) < 4.78 is 52.5. The molecule has 0 bridgehead atoms. The Bertz CT molecular complexity index is 1280. The number of hydrogen-bond donors (Lipinski definition) is 2. The lowest BCUT2D eigenvalue weighted by molar-refractivity contribution is -0.0591. The van der Waals surface area contributed by atoms with E-state index in [1.165, 1.54) is 18.2 Å². The summed E-state index contributed by atoms with van der Waals surface area (Å²) >= 11 is 0. The van der Waals surface area contributed by atoms with Gasteiger partial charge in [0.15, 0.2) is 5.76 Å². The highest BCUT2D eigenvalue weighted by atomic mass is 19.4. The number of aliphatic imine (C=N–C) groups is 1. The van der Waals surface area contributed by atoms with Crippen molar-refractivity contribution in [3.8, 4) is 11.3 Å². The highest BCUT2D eigenvalue weighted by Gasteiger charge is 2.34. The molecular weight excluding hydrogens is 477 g/mol. The SMILES string of the molecule is C=C/C=C(\N=C(/C)C(F)(F)F)c1nn([C@H]2C[C@@H](OCC)C2)cc1NC(=O)c1ccc(-c2cn[nH]c2)o1. The molecule has 1 fully saturated rings. The molecule has 1 aliphatic carbocycles. The van der Waals surface area contributed by atoms with Crippen molar-refractivity contribution in [2.75, 3.05) is 11.9 Å². The van der Waals surface area contributed by atoms with Crippen LogP contribution in [0.25, 0.3) is 17.0 Å². The highest BCUT2D eigenvalue weighted by molar-refractivity contribution is 6.04. The first-order valence-electron chi connectivity index (χ1n) is 11.3. The van der Waals surface area contributed by atoms with Gasteiger partial charge in [-0.2, -0.15) is 23.4 Å². The zero-order chi connectivity index (χ0) is 25.9. The van der Waals surface area contributed by atoms with E-state index in [1.54, 1.807) is 29.3 Å². The number of nitrogens with one attached hydrogen (secondary N) is 2. The van der Waals surface area contributed by atoms with Gasteiger partial charge in [0, 0.05) is 19.0 Å². The van der Waals surface area contributed by atoms with Crippen molar-refractivity contribution in [2.45, 2.75) is 45.0 Å². The van der Waals surface area contributed by atoms with E-state index in [-0.39, 0.29) is 35.0 Å². The van der Waals surface area contributed by atoms with Gasteiger partial charge in [0.05, 0.1) is 35.3 Å². The van der Waals surface area contributed by atoms with Crippen LogP contribution >= 0.6 is 0 Å². The summed E-state index contributed by atoms with van der Waals surface area (Å²) in [6, 6.07) is 3.08. The molecule has 0 aliphatic heterocycles. The number of alkyl halides is 3. The molecular formula is C24H25F3N6O3. The van der Waals surface area contributed by atoms with Gasteiger partial charge in [-0.25, -0.2) is 4.99 Å². The molecule has 3 heterocycles. The molecule has 4 rings (SSSR count). The van der Waals surface area contributed by atoms with E-state index in [4.69, 9.17) is 9.15 Å². The normalized spacial score (nSPS) is 18.7. The van der Waals surface area contributed by atoms with E-state index in [2.05, 4.69) is 32.2 Å². The lowest BCUT2D eigenvalue weighted by Gasteiger charge is -2.34. The minimum atomic E-state index is -4.62. The number of carbonyl (C=O) groups excluding carboxylic acids is 1.